The Hall–Kier alpha value is -3.26. The minimum atomic E-state index is -1.14. The van der Waals surface area contributed by atoms with Gasteiger partial charge in [0.15, 0.2) is 0 Å². The van der Waals surface area contributed by atoms with Gasteiger partial charge >= 0.3 is 35.5 Å². The number of nitrogens with zero attached hydrogens (tertiary/aromatic N) is 3. The third kappa shape index (κ3) is 4.65. The molecule has 0 unspecified atom stereocenters. The van der Waals surface area contributed by atoms with E-state index in [1.54, 1.807) is 47.5 Å². The summed E-state index contributed by atoms with van der Waals surface area (Å²) < 4.78 is 1.58. The van der Waals surface area contributed by atoms with Crippen LogP contribution in [0.25, 0.3) is 16.8 Å². The Labute approximate surface area is 194 Å². The van der Waals surface area contributed by atoms with Gasteiger partial charge in [-0.2, -0.15) is 5.10 Å². The zero-order valence-corrected chi connectivity index (χ0v) is 15.2. The van der Waals surface area contributed by atoms with Crippen LogP contribution in [-0.4, -0.2) is 61.3 Å². The van der Waals surface area contributed by atoms with Crippen LogP contribution in [0.1, 0.15) is 20.7 Å². The zero-order valence-electron chi connectivity index (χ0n) is 15.2. The topological polar surface area (TPSA) is 97.1 Å². The minimum absolute atomic E-state index is 0. The number of benzene rings is 2. The Balaban J connectivity index is 0.00000256. The molecule has 0 bridgehead atoms. The van der Waals surface area contributed by atoms with Crippen LogP contribution >= 0.6 is 0 Å². The maximum atomic E-state index is 12.8. The Morgan fingerprint density at radius 3 is 2.43 bits per heavy atom. The number of anilines is 1. The van der Waals surface area contributed by atoms with Crippen molar-refractivity contribution in [3.8, 4) is 16.8 Å². The van der Waals surface area contributed by atoms with Gasteiger partial charge in [-0.05, 0) is 35.9 Å². The fourth-order valence-corrected chi connectivity index (χ4v) is 2.93. The van der Waals surface area contributed by atoms with Gasteiger partial charge in [0.05, 0.1) is 22.5 Å². The number of nitrogens with one attached hydrogen (secondary N) is 1. The standard InChI is InChI=1S/C22H16N4O3.Na.H/c27-21(17-11-16(13-23-14-17)15-5-2-1-3-6-15)25-20-12-18(26-10-4-9-24-26)7-8-19(20)22(28)29;;/h1-14H,(H,25,27)(H,28,29);;. The fourth-order valence-electron chi connectivity index (χ4n) is 2.93. The summed E-state index contributed by atoms with van der Waals surface area (Å²) in [4.78, 5) is 28.5. The molecule has 4 rings (SSSR count). The number of carbonyl (C=O) groups is 2. The first-order chi connectivity index (χ1) is 14.1. The summed E-state index contributed by atoms with van der Waals surface area (Å²) in [6, 6.07) is 17.7. The number of carboxylic acid groups (broad SMARTS) is 1. The van der Waals surface area contributed by atoms with Gasteiger partial charge in [-0.25, -0.2) is 9.48 Å². The van der Waals surface area contributed by atoms with E-state index >= 15 is 0 Å². The number of aromatic nitrogens is 3. The van der Waals surface area contributed by atoms with Crippen LogP contribution < -0.4 is 5.32 Å². The van der Waals surface area contributed by atoms with Crippen molar-refractivity contribution in [2.75, 3.05) is 5.32 Å². The van der Waals surface area contributed by atoms with Gasteiger partial charge in [-0.1, -0.05) is 30.3 Å². The molecule has 2 aromatic carbocycles. The number of hydrogen-bond acceptors (Lipinski definition) is 4. The van der Waals surface area contributed by atoms with Crippen LogP contribution in [-0.2, 0) is 0 Å². The van der Waals surface area contributed by atoms with Gasteiger partial charge < -0.3 is 10.4 Å². The van der Waals surface area contributed by atoms with Gasteiger partial charge in [-0.3, -0.25) is 9.78 Å². The molecule has 0 spiro atoms. The Bertz CT molecular complexity index is 1180. The van der Waals surface area contributed by atoms with E-state index in [1.165, 1.54) is 12.3 Å². The Kier molecular flexibility index (Phi) is 6.79. The molecule has 0 aliphatic carbocycles. The molecule has 144 valence electrons. The molecule has 4 aromatic rings. The van der Waals surface area contributed by atoms with E-state index in [2.05, 4.69) is 15.4 Å². The Morgan fingerprint density at radius 1 is 0.933 bits per heavy atom. The van der Waals surface area contributed by atoms with Crippen LogP contribution in [0, 0.1) is 0 Å². The van der Waals surface area contributed by atoms with Crippen molar-refractivity contribution in [2.45, 2.75) is 0 Å². The molecule has 2 heterocycles. The van der Waals surface area contributed by atoms with Gasteiger partial charge in [0.2, 0.25) is 0 Å². The quantitative estimate of drug-likeness (QED) is 0.494. The number of aromatic carboxylic acids is 1. The molecule has 0 aliphatic rings. The summed E-state index contributed by atoms with van der Waals surface area (Å²) in [5, 5.41) is 16.3. The normalized spacial score (nSPS) is 10.1. The monoisotopic (exact) mass is 408 g/mol. The van der Waals surface area contributed by atoms with Crippen molar-refractivity contribution in [3.63, 3.8) is 0 Å². The first-order valence-electron chi connectivity index (χ1n) is 8.81. The molecular weight excluding hydrogens is 391 g/mol. The third-order valence-corrected chi connectivity index (χ3v) is 4.36. The molecule has 0 aliphatic heterocycles. The van der Waals surface area contributed by atoms with Crippen LogP contribution in [0.5, 0.6) is 0 Å². The number of carbonyl (C=O) groups excluding carboxylic acids is 1. The van der Waals surface area contributed by atoms with Gasteiger partial charge in [0.25, 0.3) is 5.91 Å². The van der Waals surface area contributed by atoms with Gasteiger partial charge in [0, 0.05) is 30.4 Å². The fraction of sp³-hybridized carbons (Fsp3) is 0. The number of amides is 1. The van der Waals surface area contributed by atoms with E-state index in [1.807, 2.05) is 30.3 Å². The molecular formula is C22H17N4NaO3. The van der Waals surface area contributed by atoms with Crippen molar-refractivity contribution in [1.29, 1.82) is 0 Å². The SMILES string of the molecule is O=C(Nc1cc(-n2cccn2)ccc1C(=O)O)c1cncc(-c2ccccc2)c1.[NaH]. The van der Waals surface area contributed by atoms with Crippen LogP contribution in [0.2, 0.25) is 0 Å². The van der Waals surface area contributed by atoms with Gasteiger partial charge in [0.1, 0.15) is 0 Å². The molecule has 8 heteroatoms. The van der Waals surface area contributed by atoms with Crippen molar-refractivity contribution >= 4 is 47.1 Å². The molecule has 0 saturated heterocycles. The average molecular weight is 408 g/mol. The number of carboxylic acids is 1. The van der Waals surface area contributed by atoms with E-state index in [-0.39, 0.29) is 40.8 Å². The van der Waals surface area contributed by atoms with E-state index in [4.69, 9.17) is 0 Å². The molecule has 2 aromatic heterocycles. The molecule has 0 fully saturated rings. The summed E-state index contributed by atoms with van der Waals surface area (Å²) in [5.41, 5.74) is 2.85. The molecule has 30 heavy (non-hydrogen) atoms. The summed E-state index contributed by atoms with van der Waals surface area (Å²) in [6.07, 6.45) is 6.46. The predicted molar refractivity (Wildman–Crippen MR) is 115 cm³/mol. The van der Waals surface area contributed by atoms with Crippen LogP contribution in [0.4, 0.5) is 5.69 Å². The predicted octanol–water partition coefficient (Wildman–Crippen LogP) is 3.24. The second-order valence-corrected chi connectivity index (χ2v) is 6.27. The summed E-state index contributed by atoms with van der Waals surface area (Å²) in [6.45, 7) is 0. The second-order valence-electron chi connectivity index (χ2n) is 6.27. The molecule has 0 atom stereocenters. The van der Waals surface area contributed by atoms with Crippen LogP contribution in [0.3, 0.4) is 0 Å². The molecule has 0 radical (unpaired) electrons. The average Bonchev–Trinajstić information content (AvgIpc) is 3.29. The first-order valence-corrected chi connectivity index (χ1v) is 8.81. The van der Waals surface area contributed by atoms with Crippen molar-refractivity contribution in [2.24, 2.45) is 0 Å². The van der Waals surface area contributed by atoms with E-state index in [0.29, 0.717) is 11.3 Å². The van der Waals surface area contributed by atoms with Crippen molar-refractivity contribution < 1.29 is 14.7 Å². The summed E-state index contributed by atoms with van der Waals surface area (Å²) >= 11 is 0. The Morgan fingerprint density at radius 2 is 1.73 bits per heavy atom. The van der Waals surface area contributed by atoms with Gasteiger partial charge in [-0.15, -0.1) is 0 Å². The second kappa shape index (κ2) is 9.49. The summed E-state index contributed by atoms with van der Waals surface area (Å²) in [5.74, 6) is -1.58. The van der Waals surface area contributed by atoms with E-state index in [9.17, 15) is 14.7 Å². The number of hydrogen-bond donors (Lipinski definition) is 2. The molecule has 0 saturated carbocycles. The van der Waals surface area contributed by atoms with Crippen molar-refractivity contribution in [3.05, 3.63) is 96.6 Å². The summed E-state index contributed by atoms with van der Waals surface area (Å²) in [7, 11) is 0. The van der Waals surface area contributed by atoms with Crippen LogP contribution in [0.15, 0.2) is 85.5 Å². The molecule has 7 nitrogen and oxygen atoms in total. The van der Waals surface area contributed by atoms with E-state index < -0.39 is 11.9 Å². The first kappa shape index (κ1) is 21.4. The molecule has 1 amide bonds. The molecule has 2 N–H and O–H groups in total. The van der Waals surface area contributed by atoms with Crippen molar-refractivity contribution in [1.82, 2.24) is 14.8 Å². The third-order valence-electron chi connectivity index (χ3n) is 4.36. The maximum absolute atomic E-state index is 12.8. The van der Waals surface area contributed by atoms with E-state index in [0.717, 1.165) is 11.1 Å². The zero-order chi connectivity index (χ0) is 20.2. The number of pyridine rings is 1. The number of rotatable bonds is 5.